The summed E-state index contributed by atoms with van der Waals surface area (Å²) >= 11 is 3.58. The SMILES string of the molecule is CCC(CC)C(Br)CNC(=O)c1ccc([N+](=O)[O-])n1C. The Labute approximate surface area is 126 Å². The van der Waals surface area contributed by atoms with Crippen LogP contribution in [-0.2, 0) is 7.05 Å². The second kappa shape index (κ2) is 7.42. The fourth-order valence-electron chi connectivity index (χ4n) is 2.16. The summed E-state index contributed by atoms with van der Waals surface area (Å²) in [7, 11) is 1.51. The highest BCUT2D eigenvalue weighted by Crippen LogP contribution is 2.20. The number of alkyl halides is 1. The van der Waals surface area contributed by atoms with Gasteiger partial charge in [-0.05, 0) is 16.9 Å². The van der Waals surface area contributed by atoms with Crippen LogP contribution in [0.2, 0.25) is 0 Å². The van der Waals surface area contributed by atoms with E-state index in [1.54, 1.807) is 0 Å². The lowest BCUT2D eigenvalue weighted by molar-refractivity contribution is -0.391. The van der Waals surface area contributed by atoms with Crippen LogP contribution in [0.5, 0.6) is 0 Å². The summed E-state index contributed by atoms with van der Waals surface area (Å²) in [5.41, 5.74) is 0.293. The normalized spacial score (nSPS) is 12.4. The summed E-state index contributed by atoms with van der Waals surface area (Å²) < 4.78 is 1.29. The van der Waals surface area contributed by atoms with Gasteiger partial charge in [-0.2, -0.15) is 0 Å². The van der Waals surface area contributed by atoms with Crippen molar-refractivity contribution in [3.05, 3.63) is 27.9 Å². The molecular weight excluding hydrogens is 326 g/mol. The molecule has 0 radical (unpaired) electrons. The fourth-order valence-corrected chi connectivity index (χ4v) is 3.07. The molecule has 1 unspecified atom stereocenters. The van der Waals surface area contributed by atoms with E-state index in [0.717, 1.165) is 12.8 Å². The molecule has 0 saturated carbocycles. The van der Waals surface area contributed by atoms with Crippen LogP contribution in [0, 0.1) is 16.0 Å². The lowest BCUT2D eigenvalue weighted by atomic mass is 9.99. The van der Waals surface area contributed by atoms with E-state index in [0.29, 0.717) is 18.2 Å². The highest BCUT2D eigenvalue weighted by Gasteiger charge is 2.22. The van der Waals surface area contributed by atoms with E-state index < -0.39 is 4.92 Å². The summed E-state index contributed by atoms with van der Waals surface area (Å²) in [4.78, 5) is 22.5. The number of halogens is 1. The van der Waals surface area contributed by atoms with Gasteiger partial charge < -0.3 is 15.4 Å². The van der Waals surface area contributed by atoms with Gasteiger partial charge in [0.05, 0.1) is 7.05 Å². The average molecular weight is 346 g/mol. The summed E-state index contributed by atoms with van der Waals surface area (Å²) in [6.45, 7) is 4.74. The molecule has 112 valence electrons. The van der Waals surface area contributed by atoms with Crippen LogP contribution < -0.4 is 5.32 Å². The molecule has 1 amide bonds. The number of nitrogens with zero attached hydrogens (tertiary/aromatic N) is 2. The van der Waals surface area contributed by atoms with Gasteiger partial charge in [-0.15, -0.1) is 0 Å². The Balaban J connectivity index is 2.66. The maximum atomic E-state index is 12.0. The molecular formula is C13H20BrN3O3. The number of nitrogens with one attached hydrogen (secondary N) is 1. The zero-order valence-corrected chi connectivity index (χ0v) is 13.5. The van der Waals surface area contributed by atoms with Gasteiger partial charge >= 0.3 is 5.82 Å². The van der Waals surface area contributed by atoms with E-state index in [4.69, 9.17) is 0 Å². The number of hydrogen-bond donors (Lipinski definition) is 1. The van der Waals surface area contributed by atoms with Crippen molar-refractivity contribution in [1.82, 2.24) is 9.88 Å². The first kappa shape index (κ1) is 16.7. The summed E-state index contributed by atoms with van der Waals surface area (Å²) in [5.74, 6) is 0.111. The van der Waals surface area contributed by atoms with Crippen molar-refractivity contribution in [2.45, 2.75) is 31.5 Å². The Hall–Kier alpha value is -1.37. The largest absolute Gasteiger partial charge is 0.358 e. The molecule has 0 spiro atoms. The molecule has 1 heterocycles. The topological polar surface area (TPSA) is 77.2 Å². The van der Waals surface area contributed by atoms with E-state index in [1.165, 1.54) is 23.7 Å². The molecule has 1 aromatic rings. The molecule has 20 heavy (non-hydrogen) atoms. The molecule has 1 aromatic heterocycles. The van der Waals surface area contributed by atoms with Crippen molar-refractivity contribution in [2.75, 3.05) is 6.54 Å². The number of rotatable bonds is 7. The molecule has 1 atom stereocenters. The second-order valence-corrected chi connectivity index (χ2v) is 5.87. The minimum absolute atomic E-state index is 0.0921. The quantitative estimate of drug-likeness (QED) is 0.468. The van der Waals surface area contributed by atoms with Gasteiger partial charge in [0.1, 0.15) is 0 Å². The first-order valence-corrected chi connectivity index (χ1v) is 7.56. The first-order chi connectivity index (χ1) is 9.42. The molecule has 1 N–H and O–H groups in total. The molecule has 0 bridgehead atoms. The molecule has 0 aliphatic carbocycles. The van der Waals surface area contributed by atoms with Crippen LogP contribution in [0.15, 0.2) is 12.1 Å². The molecule has 7 heteroatoms. The van der Waals surface area contributed by atoms with Crippen molar-refractivity contribution in [2.24, 2.45) is 13.0 Å². The van der Waals surface area contributed by atoms with Crippen LogP contribution in [0.3, 0.4) is 0 Å². The lowest BCUT2D eigenvalue weighted by Gasteiger charge is -2.19. The van der Waals surface area contributed by atoms with Crippen LogP contribution in [0.25, 0.3) is 0 Å². The summed E-state index contributed by atoms with van der Waals surface area (Å²) in [5, 5.41) is 13.5. The first-order valence-electron chi connectivity index (χ1n) is 6.64. The van der Waals surface area contributed by atoms with Gasteiger partial charge in [0.25, 0.3) is 5.91 Å². The Morgan fingerprint density at radius 1 is 1.45 bits per heavy atom. The smallest absolute Gasteiger partial charge is 0.323 e. The zero-order chi connectivity index (χ0) is 15.3. The number of aromatic nitrogens is 1. The van der Waals surface area contributed by atoms with E-state index in [2.05, 4.69) is 35.1 Å². The third kappa shape index (κ3) is 3.82. The Morgan fingerprint density at radius 3 is 2.50 bits per heavy atom. The summed E-state index contributed by atoms with van der Waals surface area (Å²) in [6, 6.07) is 2.80. The van der Waals surface area contributed by atoms with Crippen LogP contribution >= 0.6 is 15.9 Å². The lowest BCUT2D eigenvalue weighted by Crippen LogP contribution is -2.33. The minimum atomic E-state index is -0.506. The van der Waals surface area contributed by atoms with Gasteiger partial charge in [0, 0.05) is 17.4 Å². The predicted octanol–water partition coefficient (Wildman–Crippen LogP) is 2.86. The van der Waals surface area contributed by atoms with Gasteiger partial charge in [-0.3, -0.25) is 4.79 Å². The maximum Gasteiger partial charge on any atom is 0.323 e. The van der Waals surface area contributed by atoms with E-state index in [-0.39, 0.29) is 16.6 Å². The van der Waals surface area contributed by atoms with Gasteiger partial charge in [0.2, 0.25) is 0 Å². The monoisotopic (exact) mass is 345 g/mol. The Morgan fingerprint density at radius 2 is 2.05 bits per heavy atom. The standard InChI is InChI=1S/C13H20BrN3O3/c1-4-9(5-2)10(14)8-15-13(18)11-6-7-12(16(11)3)17(19)20/h6-7,9-10H,4-5,8H2,1-3H3,(H,15,18). The number of carbonyl (C=O) groups is 1. The molecule has 0 fully saturated rings. The predicted molar refractivity (Wildman–Crippen MR) is 81.2 cm³/mol. The molecule has 0 aromatic carbocycles. The number of nitro groups is 1. The fraction of sp³-hybridized carbons (Fsp3) is 0.615. The molecule has 1 rings (SSSR count). The summed E-state index contributed by atoms with van der Waals surface area (Å²) in [6.07, 6.45) is 2.08. The van der Waals surface area contributed by atoms with E-state index in [9.17, 15) is 14.9 Å². The van der Waals surface area contributed by atoms with E-state index in [1.807, 2.05) is 0 Å². The van der Waals surface area contributed by atoms with E-state index >= 15 is 0 Å². The van der Waals surface area contributed by atoms with Crippen LogP contribution in [-0.4, -0.2) is 26.8 Å². The number of hydrogen-bond acceptors (Lipinski definition) is 3. The minimum Gasteiger partial charge on any atom is -0.358 e. The van der Waals surface area contributed by atoms with Gasteiger partial charge in [-0.1, -0.05) is 42.6 Å². The van der Waals surface area contributed by atoms with Crippen LogP contribution in [0.4, 0.5) is 5.82 Å². The highest BCUT2D eigenvalue weighted by molar-refractivity contribution is 9.09. The number of amides is 1. The third-order valence-electron chi connectivity index (χ3n) is 3.53. The zero-order valence-electron chi connectivity index (χ0n) is 11.9. The van der Waals surface area contributed by atoms with Crippen LogP contribution in [0.1, 0.15) is 37.2 Å². The molecule has 0 aliphatic rings. The molecule has 0 saturated heterocycles. The third-order valence-corrected chi connectivity index (χ3v) is 4.60. The van der Waals surface area contributed by atoms with Gasteiger partial charge in [-0.25, -0.2) is 4.57 Å². The van der Waals surface area contributed by atoms with Crippen molar-refractivity contribution < 1.29 is 9.72 Å². The van der Waals surface area contributed by atoms with Crippen molar-refractivity contribution >= 4 is 27.7 Å². The Bertz CT molecular complexity index is 483. The average Bonchev–Trinajstić information content (AvgIpc) is 2.79. The van der Waals surface area contributed by atoms with Crippen molar-refractivity contribution in [1.29, 1.82) is 0 Å². The van der Waals surface area contributed by atoms with Gasteiger partial charge in [0.15, 0.2) is 5.69 Å². The second-order valence-electron chi connectivity index (χ2n) is 4.70. The molecule has 0 aliphatic heterocycles. The number of carbonyl (C=O) groups excluding carboxylic acids is 1. The maximum absolute atomic E-state index is 12.0. The van der Waals surface area contributed by atoms with Crippen molar-refractivity contribution in [3.63, 3.8) is 0 Å². The molecule has 6 nitrogen and oxygen atoms in total. The highest BCUT2D eigenvalue weighted by atomic mass is 79.9. The van der Waals surface area contributed by atoms with Crippen molar-refractivity contribution in [3.8, 4) is 0 Å². The Kier molecular flexibility index (Phi) is 6.19.